The van der Waals surface area contributed by atoms with Crippen LogP contribution in [0.2, 0.25) is 0 Å². The van der Waals surface area contributed by atoms with Gasteiger partial charge in [-0.15, -0.1) is 11.3 Å². The summed E-state index contributed by atoms with van der Waals surface area (Å²) in [5.41, 5.74) is 0. The number of carbonyl (C=O) groups is 1. The zero-order valence-corrected chi connectivity index (χ0v) is 13.2. The van der Waals surface area contributed by atoms with E-state index in [1.165, 1.54) is 15.6 Å². The average Bonchev–Trinajstić information content (AvgIpc) is 3.00. The highest BCUT2D eigenvalue weighted by Gasteiger charge is 2.31. The summed E-state index contributed by atoms with van der Waals surface area (Å²) in [6, 6.07) is 3.13. The Morgan fingerprint density at radius 3 is 2.50 bits per heavy atom. The molecule has 2 heterocycles. The summed E-state index contributed by atoms with van der Waals surface area (Å²) >= 11 is 1.23. The zero-order valence-electron chi connectivity index (χ0n) is 11.6. The molecule has 1 N–H and O–H groups in total. The molecule has 1 amide bonds. The summed E-state index contributed by atoms with van der Waals surface area (Å²) < 4.78 is 26.6. The van der Waals surface area contributed by atoms with Crippen molar-refractivity contribution in [1.29, 1.82) is 0 Å². The maximum atomic E-state index is 12.4. The Bertz CT molecular complexity index is 549. The largest absolute Gasteiger partial charge is 0.358 e. The molecule has 2 rings (SSSR count). The molecule has 0 unspecified atom stereocenters. The number of hydrogen-bond acceptors (Lipinski definition) is 5. The van der Waals surface area contributed by atoms with Crippen LogP contribution in [0.5, 0.6) is 0 Å². The van der Waals surface area contributed by atoms with Crippen molar-refractivity contribution in [2.75, 3.05) is 33.2 Å². The first kappa shape index (κ1) is 15.4. The van der Waals surface area contributed by atoms with Crippen molar-refractivity contribution in [1.82, 2.24) is 14.5 Å². The minimum Gasteiger partial charge on any atom is -0.358 e. The van der Waals surface area contributed by atoms with Gasteiger partial charge in [0.15, 0.2) is 0 Å². The van der Waals surface area contributed by atoms with Crippen molar-refractivity contribution < 1.29 is 13.2 Å². The Morgan fingerprint density at radius 1 is 1.35 bits per heavy atom. The molecule has 1 aliphatic rings. The van der Waals surface area contributed by atoms with E-state index >= 15 is 0 Å². The van der Waals surface area contributed by atoms with E-state index in [4.69, 9.17) is 0 Å². The van der Waals surface area contributed by atoms with E-state index < -0.39 is 10.0 Å². The van der Waals surface area contributed by atoms with Gasteiger partial charge in [-0.1, -0.05) is 6.07 Å². The van der Waals surface area contributed by atoms with Gasteiger partial charge in [0, 0.05) is 33.2 Å². The SMILES string of the molecule is CNC(=O)[C@@H](C)N1CCN(S(=O)(=O)c2cccs2)CC1. The number of likely N-dealkylation sites (N-methyl/N-ethyl adjacent to an activating group) is 1. The van der Waals surface area contributed by atoms with Gasteiger partial charge >= 0.3 is 0 Å². The molecule has 1 atom stereocenters. The van der Waals surface area contributed by atoms with Crippen LogP contribution < -0.4 is 5.32 Å². The highest BCUT2D eigenvalue weighted by Crippen LogP contribution is 2.22. The molecule has 0 aromatic carbocycles. The van der Waals surface area contributed by atoms with Crippen LogP contribution in [0.15, 0.2) is 21.7 Å². The summed E-state index contributed by atoms with van der Waals surface area (Å²) in [6.07, 6.45) is 0. The highest BCUT2D eigenvalue weighted by molar-refractivity contribution is 7.91. The Hall–Kier alpha value is -0.960. The third-order valence-electron chi connectivity index (χ3n) is 3.54. The fraction of sp³-hybridized carbons (Fsp3) is 0.583. The van der Waals surface area contributed by atoms with Crippen LogP contribution >= 0.6 is 11.3 Å². The highest BCUT2D eigenvalue weighted by atomic mass is 32.2. The zero-order chi connectivity index (χ0) is 14.8. The second-order valence-corrected chi connectivity index (χ2v) is 7.77. The van der Waals surface area contributed by atoms with Gasteiger partial charge in [-0.2, -0.15) is 4.31 Å². The molecular weight excluding hydrogens is 298 g/mol. The molecule has 0 bridgehead atoms. The number of nitrogens with one attached hydrogen (secondary N) is 1. The lowest BCUT2D eigenvalue weighted by atomic mass is 10.2. The second-order valence-electron chi connectivity index (χ2n) is 4.66. The smallest absolute Gasteiger partial charge is 0.252 e. The van der Waals surface area contributed by atoms with E-state index in [0.717, 1.165) is 0 Å². The van der Waals surface area contributed by atoms with Gasteiger partial charge in [-0.05, 0) is 18.4 Å². The fourth-order valence-electron chi connectivity index (χ4n) is 2.24. The number of rotatable bonds is 4. The standard InChI is InChI=1S/C12H19N3O3S2/c1-10(12(16)13-2)14-5-7-15(8-6-14)20(17,18)11-4-3-9-19-11/h3-4,9-10H,5-8H2,1-2H3,(H,13,16)/t10-/m1/s1. The summed E-state index contributed by atoms with van der Waals surface area (Å²) in [4.78, 5) is 13.6. The number of carbonyl (C=O) groups excluding carboxylic acids is 1. The number of hydrogen-bond donors (Lipinski definition) is 1. The first-order chi connectivity index (χ1) is 9.46. The van der Waals surface area contributed by atoms with Crippen molar-refractivity contribution in [2.24, 2.45) is 0 Å². The predicted molar refractivity (Wildman–Crippen MR) is 78.2 cm³/mol. The van der Waals surface area contributed by atoms with Crippen molar-refractivity contribution in [3.8, 4) is 0 Å². The lowest BCUT2D eigenvalue weighted by Crippen LogP contribution is -2.54. The molecule has 0 spiro atoms. The molecule has 0 radical (unpaired) electrons. The van der Waals surface area contributed by atoms with Crippen molar-refractivity contribution in [3.05, 3.63) is 17.5 Å². The van der Waals surface area contributed by atoms with Crippen molar-refractivity contribution >= 4 is 27.3 Å². The maximum absolute atomic E-state index is 12.4. The molecule has 0 aliphatic carbocycles. The molecule has 6 nitrogen and oxygen atoms in total. The third kappa shape index (κ3) is 3.03. The lowest BCUT2D eigenvalue weighted by molar-refractivity contribution is -0.125. The quantitative estimate of drug-likeness (QED) is 0.861. The number of amides is 1. The van der Waals surface area contributed by atoms with E-state index in [1.807, 2.05) is 11.8 Å². The van der Waals surface area contributed by atoms with Gasteiger partial charge in [0.05, 0.1) is 6.04 Å². The molecule has 1 fully saturated rings. The molecule has 1 aromatic heterocycles. The Morgan fingerprint density at radius 2 is 2.00 bits per heavy atom. The normalized spacial score (nSPS) is 19.7. The van der Waals surface area contributed by atoms with E-state index in [0.29, 0.717) is 30.4 Å². The number of thiophene rings is 1. The van der Waals surface area contributed by atoms with Crippen LogP contribution in [0.4, 0.5) is 0 Å². The number of sulfonamides is 1. The second kappa shape index (κ2) is 6.21. The molecule has 0 saturated carbocycles. The maximum Gasteiger partial charge on any atom is 0.252 e. The van der Waals surface area contributed by atoms with Crippen LogP contribution in [0.3, 0.4) is 0 Å². The van der Waals surface area contributed by atoms with Gasteiger partial charge < -0.3 is 5.32 Å². The Kier molecular flexibility index (Phi) is 4.79. The van der Waals surface area contributed by atoms with E-state index in [2.05, 4.69) is 5.32 Å². The number of nitrogens with zero attached hydrogens (tertiary/aromatic N) is 2. The minimum atomic E-state index is -3.37. The predicted octanol–water partition coefficient (Wildman–Crippen LogP) is 0.189. The first-order valence-corrected chi connectivity index (χ1v) is 8.78. The van der Waals surface area contributed by atoms with Crippen molar-refractivity contribution in [3.63, 3.8) is 0 Å². The molecule has 112 valence electrons. The van der Waals surface area contributed by atoms with Crippen LogP contribution in [0.1, 0.15) is 6.92 Å². The van der Waals surface area contributed by atoms with E-state index in [1.54, 1.807) is 24.6 Å². The Balaban J connectivity index is 2.00. The van der Waals surface area contributed by atoms with Crippen LogP contribution in [-0.4, -0.2) is 62.8 Å². The van der Waals surface area contributed by atoms with Gasteiger partial charge in [-0.25, -0.2) is 8.42 Å². The molecule has 8 heteroatoms. The van der Waals surface area contributed by atoms with Crippen LogP contribution in [0, 0.1) is 0 Å². The summed E-state index contributed by atoms with van der Waals surface area (Å²) in [5.74, 6) is -0.0421. The van der Waals surface area contributed by atoms with E-state index in [9.17, 15) is 13.2 Å². The van der Waals surface area contributed by atoms with Gasteiger partial charge in [0.2, 0.25) is 5.91 Å². The molecular formula is C12H19N3O3S2. The van der Waals surface area contributed by atoms with Gasteiger partial charge in [-0.3, -0.25) is 9.69 Å². The average molecular weight is 317 g/mol. The first-order valence-electron chi connectivity index (χ1n) is 6.46. The van der Waals surface area contributed by atoms with Crippen molar-refractivity contribution in [2.45, 2.75) is 17.2 Å². The topological polar surface area (TPSA) is 69.7 Å². The molecule has 1 aliphatic heterocycles. The minimum absolute atomic E-state index is 0.0421. The van der Waals surface area contributed by atoms with Gasteiger partial charge in [0.1, 0.15) is 4.21 Å². The lowest BCUT2D eigenvalue weighted by Gasteiger charge is -2.36. The summed E-state index contributed by atoms with van der Waals surface area (Å²) in [7, 11) is -1.76. The van der Waals surface area contributed by atoms with Crippen LogP contribution in [-0.2, 0) is 14.8 Å². The Labute approximate surface area is 123 Å². The summed E-state index contributed by atoms with van der Waals surface area (Å²) in [6.45, 7) is 3.81. The van der Waals surface area contributed by atoms with Crippen LogP contribution in [0.25, 0.3) is 0 Å². The van der Waals surface area contributed by atoms with Gasteiger partial charge in [0.25, 0.3) is 10.0 Å². The molecule has 20 heavy (non-hydrogen) atoms. The fourth-order valence-corrected chi connectivity index (χ4v) is 4.81. The monoisotopic (exact) mass is 317 g/mol. The molecule has 1 saturated heterocycles. The molecule has 1 aromatic rings. The van der Waals surface area contributed by atoms with E-state index in [-0.39, 0.29) is 11.9 Å². The summed E-state index contributed by atoms with van der Waals surface area (Å²) in [5, 5.41) is 4.38. The third-order valence-corrected chi connectivity index (χ3v) is 6.81. The number of piperazine rings is 1.